The molecule has 1 atom stereocenters. The number of nitrogens with one attached hydrogen (secondary N) is 1. The lowest BCUT2D eigenvalue weighted by Gasteiger charge is -2.14. The van der Waals surface area contributed by atoms with Gasteiger partial charge in [0.25, 0.3) is 11.8 Å². The number of para-hydroxylation sites is 1. The number of carbonyl (C=O) groups excluding carboxylic acids is 2. The molecule has 1 aliphatic rings. The molecule has 180 valence electrons. The molecule has 35 heavy (non-hydrogen) atoms. The molecule has 0 radical (unpaired) electrons. The number of anilines is 1. The highest BCUT2D eigenvalue weighted by molar-refractivity contribution is 6.32. The van der Waals surface area contributed by atoms with Crippen LogP contribution < -0.4 is 19.9 Å². The van der Waals surface area contributed by atoms with E-state index >= 15 is 0 Å². The van der Waals surface area contributed by atoms with Crippen molar-refractivity contribution in [3.63, 3.8) is 0 Å². The van der Waals surface area contributed by atoms with Gasteiger partial charge in [-0.1, -0.05) is 55.8 Å². The quantitative estimate of drug-likeness (QED) is 0.235. The third kappa shape index (κ3) is 5.84. The minimum absolute atomic E-state index is 0.00128. The summed E-state index contributed by atoms with van der Waals surface area (Å²) in [7, 11) is 0. The zero-order valence-electron chi connectivity index (χ0n) is 19.7. The first kappa shape index (κ1) is 24.4. The van der Waals surface area contributed by atoms with Gasteiger partial charge in [0.2, 0.25) is 0 Å². The summed E-state index contributed by atoms with van der Waals surface area (Å²) in [6, 6.07) is 22.1. The number of rotatable bonds is 9. The van der Waals surface area contributed by atoms with Crippen LogP contribution in [-0.4, -0.2) is 25.0 Å². The van der Waals surface area contributed by atoms with Gasteiger partial charge in [0.05, 0.1) is 5.69 Å². The average molecular weight is 491 g/mol. The Morgan fingerprint density at radius 2 is 1.69 bits per heavy atom. The number of benzene rings is 3. The number of halogens is 1. The van der Waals surface area contributed by atoms with E-state index in [1.54, 1.807) is 42.5 Å². The fourth-order valence-corrected chi connectivity index (χ4v) is 3.86. The number of carbonyl (C=O) groups is 2. The summed E-state index contributed by atoms with van der Waals surface area (Å²) >= 11 is 6.18. The number of hydrazine groups is 1. The van der Waals surface area contributed by atoms with Crippen LogP contribution in [0.5, 0.6) is 11.5 Å². The van der Waals surface area contributed by atoms with Crippen molar-refractivity contribution in [3.05, 3.63) is 94.5 Å². The lowest BCUT2D eigenvalue weighted by atomic mass is 9.99. The van der Waals surface area contributed by atoms with Gasteiger partial charge in [-0.2, -0.15) is 0 Å². The number of hydrogen-bond donors (Lipinski definition) is 1. The maximum Gasteiger partial charge on any atom is 0.282 e. The summed E-state index contributed by atoms with van der Waals surface area (Å²) in [6.07, 6.45) is 2.58. The fraction of sp³-hybridized carbons (Fsp3) is 0.214. The van der Waals surface area contributed by atoms with E-state index in [-0.39, 0.29) is 12.2 Å². The van der Waals surface area contributed by atoms with Crippen molar-refractivity contribution in [2.45, 2.75) is 26.2 Å². The lowest BCUT2D eigenvalue weighted by molar-refractivity contribution is -0.117. The summed E-state index contributed by atoms with van der Waals surface area (Å²) in [5.74, 6) is 0.841. The maximum absolute atomic E-state index is 12.9. The van der Waals surface area contributed by atoms with Gasteiger partial charge >= 0.3 is 0 Å². The van der Waals surface area contributed by atoms with Gasteiger partial charge in [0, 0.05) is 10.6 Å². The summed E-state index contributed by atoms with van der Waals surface area (Å²) in [5.41, 5.74) is 4.98. The van der Waals surface area contributed by atoms with Crippen LogP contribution in [0.25, 0.3) is 6.08 Å². The van der Waals surface area contributed by atoms with E-state index in [1.807, 2.05) is 18.2 Å². The second-order valence-electron chi connectivity index (χ2n) is 8.23. The molecule has 1 heterocycles. The van der Waals surface area contributed by atoms with E-state index < -0.39 is 11.8 Å². The van der Waals surface area contributed by atoms with Crippen LogP contribution in [0.2, 0.25) is 5.02 Å². The molecule has 0 aliphatic carbocycles. The first-order valence-corrected chi connectivity index (χ1v) is 11.9. The second-order valence-corrected chi connectivity index (χ2v) is 8.67. The predicted octanol–water partition coefficient (Wildman–Crippen LogP) is 5.77. The molecule has 1 saturated heterocycles. The molecule has 3 aromatic carbocycles. The standard InChI is InChI=1S/C28H27ClN2O4/c1-3-19(2)20-9-12-24(13-10-20)34-15-16-35-26-14-11-22(29)17-21(26)18-25-27(32)30-31(28(25)33)23-7-5-4-6-8-23/h4-14,17-19H,3,15-16H2,1-2H3,(H,30,32)/b25-18-/t19-/m1/s1. The monoisotopic (exact) mass is 490 g/mol. The minimum atomic E-state index is -0.492. The molecule has 0 unspecified atom stereocenters. The van der Waals surface area contributed by atoms with Gasteiger partial charge in [-0.3, -0.25) is 15.0 Å². The number of nitrogens with zero attached hydrogens (tertiary/aromatic N) is 1. The van der Waals surface area contributed by atoms with E-state index in [1.165, 1.54) is 16.6 Å². The summed E-state index contributed by atoms with van der Waals surface area (Å²) < 4.78 is 11.7. The van der Waals surface area contributed by atoms with Crippen LogP contribution >= 0.6 is 11.6 Å². The third-order valence-corrected chi connectivity index (χ3v) is 6.08. The van der Waals surface area contributed by atoms with Crippen LogP contribution in [0, 0.1) is 0 Å². The third-order valence-electron chi connectivity index (χ3n) is 5.85. The topological polar surface area (TPSA) is 67.9 Å². The van der Waals surface area contributed by atoms with Crippen molar-refractivity contribution in [1.29, 1.82) is 0 Å². The van der Waals surface area contributed by atoms with Gasteiger partial charge in [-0.05, 0) is 66.4 Å². The Kier molecular flexibility index (Phi) is 7.73. The smallest absolute Gasteiger partial charge is 0.282 e. The Morgan fingerprint density at radius 3 is 2.40 bits per heavy atom. The molecule has 1 aliphatic heterocycles. The van der Waals surface area contributed by atoms with Crippen molar-refractivity contribution >= 4 is 35.2 Å². The van der Waals surface area contributed by atoms with Crippen molar-refractivity contribution in [2.24, 2.45) is 0 Å². The second kappa shape index (κ2) is 11.1. The van der Waals surface area contributed by atoms with E-state index in [0.717, 1.165) is 12.2 Å². The average Bonchev–Trinajstić information content (AvgIpc) is 3.16. The molecule has 0 bridgehead atoms. The zero-order chi connectivity index (χ0) is 24.8. The van der Waals surface area contributed by atoms with Crippen LogP contribution in [-0.2, 0) is 9.59 Å². The molecule has 0 spiro atoms. The first-order chi connectivity index (χ1) is 17.0. The molecular weight excluding hydrogens is 464 g/mol. The highest BCUT2D eigenvalue weighted by atomic mass is 35.5. The van der Waals surface area contributed by atoms with Crippen LogP contribution in [0.3, 0.4) is 0 Å². The lowest BCUT2D eigenvalue weighted by Crippen LogP contribution is -2.35. The molecule has 2 amide bonds. The zero-order valence-corrected chi connectivity index (χ0v) is 20.4. The van der Waals surface area contributed by atoms with Gasteiger partial charge < -0.3 is 9.47 Å². The molecule has 1 fully saturated rings. The van der Waals surface area contributed by atoms with E-state index in [0.29, 0.717) is 34.5 Å². The Bertz CT molecular complexity index is 1230. The Labute approximate surface area is 210 Å². The van der Waals surface area contributed by atoms with Crippen LogP contribution in [0.1, 0.15) is 37.3 Å². The summed E-state index contributed by atoms with van der Waals surface area (Å²) in [5, 5.41) is 1.69. The van der Waals surface area contributed by atoms with Gasteiger partial charge in [-0.25, -0.2) is 5.01 Å². The summed E-state index contributed by atoms with van der Waals surface area (Å²) in [6.45, 7) is 4.98. The summed E-state index contributed by atoms with van der Waals surface area (Å²) in [4.78, 5) is 25.4. The molecule has 7 heteroatoms. The van der Waals surface area contributed by atoms with E-state index in [9.17, 15) is 9.59 Å². The molecule has 6 nitrogen and oxygen atoms in total. The van der Waals surface area contributed by atoms with Gasteiger partial charge in [0.1, 0.15) is 30.3 Å². The predicted molar refractivity (Wildman–Crippen MR) is 138 cm³/mol. The molecule has 4 rings (SSSR count). The number of hydrogen-bond acceptors (Lipinski definition) is 4. The Morgan fingerprint density at radius 1 is 0.971 bits per heavy atom. The van der Waals surface area contributed by atoms with Gasteiger partial charge in [-0.15, -0.1) is 0 Å². The normalized spacial score (nSPS) is 15.3. The Hall–Kier alpha value is -3.77. The highest BCUT2D eigenvalue weighted by Gasteiger charge is 2.34. The van der Waals surface area contributed by atoms with E-state index in [2.05, 4.69) is 31.4 Å². The van der Waals surface area contributed by atoms with Crippen molar-refractivity contribution in [1.82, 2.24) is 5.43 Å². The minimum Gasteiger partial charge on any atom is -0.490 e. The van der Waals surface area contributed by atoms with Crippen molar-refractivity contribution < 1.29 is 19.1 Å². The number of amides is 2. The van der Waals surface area contributed by atoms with E-state index in [4.69, 9.17) is 21.1 Å². The fourth-order valence-electron chi connectivity index (χ4n) is 3.67. The SMILES string of the molecule is CC[C@@H](C)c1ccc(OCCOc2ccc(Cl)cc2/C=C2/C(=O)NN(c3ccccc3)C2=O)cc1. The van der Waals surface area contributed by atoms with Crippen LogP contribution in [0.15, 0.2) is 78.4 Å². The van der Waals surface area contributed by atoms with Crippen molar-refractivity contribution in [3.8, 4) is 11.5 Å². The Balaban J connectivity index is 1.42. The largest absolute Gasteiger partial charge is 0.490 e. The molecule has 0 saturated carbocycles. The molecule has 3 aromatic rings. The van der Waals surface area contributed by atoms with Gasteiger partial charge in [0.15, 0.2) is 0 Å². The molecule has 0 aromatic heterocycles. The highest BCUT2D eigenvalue weighted by Crippen LogP contribution is 2.28. The molecule has 1 N–H and O–H groups in total. The van der Waals surface area contributed by atoms with Crippen LogP contribution in [0.4, 0.5) is 5.69 Å². The first-order valence-electron chi connectivity index (χ1n) is 11.5. The molecular formula is C28H27ClN2O4. The maximum atomic E-state index is 12.9. The van der Waals surface area contributed by atoms with Crippen molar-refractivity contribution in [2.75, 3.05) is 18.2 Å². The number of ether oxygens (including phenoxy) is 2.